The van der Waals surface area contributed by atoms with Crippen molar-refractivity contribution in [1.82, 2.24) is 9.78 Å². The average Bonchev–Trinajstić information content (AvgIpc) is 2.47. The highest BCUT2D eigenvalue weighted by atomic mass is 79.9. The molecule has 2 rings (SSSR count). The number of aryl methyl sites for hydroxylation is 1. The fraction of sp³-hybridized carbons (Fsp3) is 0.727. The van der Waals surface area contributed by atoms with Gasteiger partial charge in [-0.1, -0.05) is 6.92 Å². The molecule has 1 aromatic heterocycles. The van der Waals surface area contributed by atoms with Gasteiger partial charge < -0.3 is 0 Å². The Morgan fingerprint density at radius 2 is 2.00 bits per heavy atom. The third-order valence-corrected chi connectivity index (χ3v) is 3.74. The minimum Gasteiger partial charge on any atom is -0.255 e. The highest BCUT2D eigenvalue weighted by Crippen LogP contribution is 2.33. The number of halogens is 1. The highest BCUT2D eigenvalue weighted by Gasteiger charge is 2.21. The van der Waals surface area contributed by atoms with Gasteiger partial charge >= 0.3 is 0 Å². The van der Waals surface area contributed by atoms with Gasteiger partial charge in [-0.25, -0.2) is 0 Å². The van der Waals surface area contributed by atoms with Crippen LogP contribution >= 0.6 is 15.9 Å². The number of nitrogens with zero attached hydrogens (tertiary/aromatic N) is 2. The molecule has 1 saturated carbocycles. The van der Waals surface area contributed by atoms with E-state index >= 15 is 0 Å². The zero-order valence-electron chi connectivity index (χ0n) is 8.83. The van der Waals surface area contributed by atoms with Gasteiger partial charge in [0.05, 0.1) is 11.7 Å². The molecule has 1 aromatic rings. The molecule has 0 N–H and O–H groups in total. The van der Waals surface area contributed by atoms with Crippen molar-refractivity contribution >= 4 is 15.9 Å². The van der Waals surface area contributed by atoms with Gasteiger partial charge in [0.2, 0.25) is 0 Å². The van der Waals surface area contributed by atoms with E-state index in [4.69, 9.17) is 0 Å². The van der Waals surface area contributed by atoms with Crippen LogP contribution in [-0.4, -0.2) is 9.78 Å². The molecule has 0 spiro atoms. The first-order chi connectivity index (χ1) is 6.66. The van der Waals surface area contributed by atoms with Gasteiger partial charge in [0.15, 0.2) is 0 Å². The summed E-state index contributed by atoms with van der Waals surface area (Å²) in [6.45, 7) is 4.40. The smallest absolute Gasteiger partial charge is 0.104 e. The molecule has 1 heterocycles. The topological polar surface area (TPSA) is 17.8 Å². The van der Waals surface area contributed by atoms with Crippen LogP contribution in [0.15, 0.2) is 10.7 Å². The van der Waals surface area contributed by atoms with Gasteiger partial charge in [-0.3, -0.25) is 4.68 Å². The molecule has 0 bridgehead atoms. The summed E-state index contributed by atoms with van der Waals surface area (Å²) in [7, 11) is 0. The summed E-state index contributed by atoms with van der Waals surface area (Å²) in [6, 6.07) is 2.71. The van der Waals surface area contributed by atoms with E-state index in [0.717, 1.165) is 16.2 Å². The van der Waals surface area contributed by atoms with Crippen LogP contribution in [0.4, 0.5) is 0 Å². The summed E-state index contributed by atoms with van der Waals surface area (Å²) in [4.78, 5) is 0. The molecule has 78 valence electrons. The van der Waals surface area contributed by atoms with E-state index < -0.39 is 0 Å². The van der Waals surface area contributed by atoms with Gasteiger partial charge in [0, 0.05) is 0 Å². The highest BCUT2D eigenvalue weighted by molar-refractivity contribution is 9.10. The van der Waals surface area contributed by atoms with Crippen molar-refractivity contribution in [2.75, 3.05) is 0 Å². The van der Waals surface area contributed by atoms with E-state index in [1.807, 2.05) is 6.92 Å². The first-order valence-electron chi connectivity index (χ1n) is 5.38. The molecular formula is C11H17BrN2. The van der Waals surface area contributed by atoms with Crippen LogP contribution in [-0.2, 0) is 0 Å². The number of hydrogen-bond donors (Lipinski definition) is 0. The molecule has 2 nitrogen and oxygen atoms in total. The Labute approximate surface area is 93.8 Å². The zero-order chi connectivity index (χ0) is 10.1. The maximum Gasteiger partial charge on any atom is 0.104 e. The molecule has 0 amide bonds. The lowest BCUT2D eigenvalue weighted by molar-refractivity contribution is 0.270. The van der Waals surface area contributed by atoms with Crippen molar-refractivity contribution < 1.29 is 0 Å². The summed E-state index contributed by atoms with van der Waals surface area (Å²) in [5, 5.41) is 4.53. The molecule has 0 radical (unpaired) electrons. The van der Waals surface area contributed by atoms with Crippen molar-refractivity contribution in [3.05, 3.63) is 16.4 Å². The maximum atomic E-state index is 4.53. The van der Waals surface area contributed by atoms with Crippen molar-refractivity contribution in [1.29, 1.82) is 0 Å². The fourth-order valence-electron chi connectivity index (χ4n) is 2.23. The lowest BCUT2D eigenvalue weighted by atomic mass is 9.87. The average molecular weight is 257 g/mol. The Kier molecular flexibility index (Phi) is 2.96. The molecule has 0 unspecified atom stereocenters. The van der Waals surface area contributed by atoms with Gasteiger partial charge in [-0.15, -0.1) is 0 Å². The monoisotopic (exact) mass is 256 g/mol. The van der Waals surface area contributed by atoms with Crippen LogP contribution in [0, 0.1) is 12.8 Å². The van der Waals surface area contributed by atoms with Crippen molar-refractivity contribution in [3.63, 3.8) is 0 Å². The quantitative estimate of drug-likeness (QED) is 0.750. The van der Waals surface area contributed by atoms with Crippen molar-refractivity contribution in [2.45, 2.75) is 45.6 Å². The molecule has 3 heteroatoms. The van der Waals surface area contributed by atoms with Gasteiger partial charge in [0.25, 0.3) is 0 Å². The Bertz CT molecular complexity index is 311. The second-order valence-corrected chi connectivity index (χ2v) is 5.28. The Morgan fingerprint density at radius 1 is 1.36 bits per heavy atom. The van der Waals surface area contributed by atoms with Crippen LogP contribution in [0.3, 0.4) is 0 Å². The molecule has 1 aliphatic carbocycles. The molecule has 14 heavy (non-hydrogen) atoms. The van der Waals surface area contributed by atoms with Crippen LogP contribution in [0.1, 0.15) is 44.3 Å². The fourth-order valence-corrected chi connectivity index (χ4v) is 2.93. The molecule has 0 aliphatic heterocycles. The lowest BCUT2D eigenvalue weighted by Gasteiger charge is -2.26. The minimum atomic E-state index is 0.620. The largest absolute Gasteiger partial charge is 0.255 e. The Balaban J connectivity index is 2.11. The third-order valence-electron chi connectivity index (χ3n) is 3.14. The normalized spacial score (nSPS) is 27.9. The van der Waals surface area contributed by atoms with Crippen LogP contribution < -0.4 is 0 Å². The van der Waals surface area contributed by atoms with Crippen LogP contribution in [0.5, 0.6) is 0 Å². The van der Waals surface area contributed by atoms with E-state index in [2.05, 4.69) is 38.7 Å². The van der Waals surface area contributed by atoms with E-state index in [0.29, 0.717) is 6.04 Å². The van der Waals surface area contributed by atoms with Crippen molar-refractivity contribution in [2.24, 2.45) is 5.92 Å². The van der Waals surface area contributed by atoms with E-state index in [1.165, 1.54) is 25.7 Å². The SMILES string of the molecule is Cc1cc(Br)n(C2CCC(C)CC2)n1. The summed E-state index contributed by atoms with van der Waals surface area (Å²) in [5.41, 5.74) is 1.11. The second kappa shape index (κ2) is 4.05. The Hall–Kier alpha value is -0.310. The van der Waals surface area contributed by atoms with Crippen LogP contribution in [0.2, 0.25) is 0 Å². The summed E-state index contributed by atoms with van der Waals surface area (Å²) in [5.74, 6) is 0.904. The van der Waals surface area contributed by atoms with E-state index in [-0.39, 0.29) is 0 Å². The number of aromatic nitrogens is 2. The summed E-state index contributed by atoms with van der Waals surface area (Å²) >= 11 is 3.57. The van der Waals surface area contributed by atoms with Gasteiger partial charge in [-0.2, -0.15) is 5.10 Å². The molecule has 0 atom stereocenters. The first kappa shape index (κ1) is 10.2. The summed E-state index contributed by atoms with van der Waals surface area (Å²) < 4.78 is 3.29. The molecule has 1 fully saturated rings. The summed E-state index contributed by atoms with van der Waals surface area (Å²) in [6.07, 6.45) is 5.24. The molecule has 1 aliphatic rings. The van der Waals surface area contributed by atoms with Gasteiger partial charge in [-0.05, 0) is 60.5 Å². The maximum absolute atomic E-state index is 4.53. The van der Waals surface area contributed by atoms with E-state index in [9.17, 15) is 0 Å². The standard InChI is InChI=1S/C11H17BrN2/c1-8-3-5-10(6-4-8)14-11(12)7-9(2)13-14/h7-8,10H,3-6H2,1-2H3. The minimum absolute atomic E-state index is 0.620. The zero-order valence-corrected chi connectivity index (χ0v) is 10.4. The lowest BCUT2D eigenvalue weighted by Crippen LogP contribution is -2.18. The van der Waals surface area contributed by atoms with E-state index in [1.54, 1.807) is 0 Å². The van der Waals surface area contributed by atoms with Crippen molar-refractivity contribution in [3.8, 4) is 0 Å². The third kappa shape index (κ3) is 2.02. The predicted molar refractivity (Wildman–Crippen MR) is 61.3 cm³/mol. The molecular weight excluding hydrogens is 240 g/mol. The number of hydrogen-bond acceptors (Lipinski definition) is 1. The number of rotatable bonds is 1. The Morgan fingerprint density at radius 3 is 2.50 bits per heavy atom. The molecule has 0 saturated heterocycles. The molecule has 0 aromatic carbocycles. The van der Waals surface area contributed by atoms with Crippen LogP contribution in [0.25, 0.3) is 0 Å². The van der Waals surface area contributed by atoms with Gasteiger partial charge in [0.1, 0.15) is 4.60 Å². The second-order valence-electron chi connectivity index (χ2n) is 4.47. The predicted octanol–water partition coefficient (Wildman–Crippen LogP) is 3.71. The first-order valence-corrected chi connectivity index (χ1v) is 6.18.